The molecule has 1 aromatic heterocycles. The predicted molar refractivity (Wildman–Crippen MR) is 130 cm³/mol. The van der Waals surface area contributed by atoms with Gasteiger partial charge < -0.3 is 19.5 Å². The molecule has 1 aliphatic heterocycles. The lowest BCUT2D eigenvalue weighted by atomic mass is 10.2. The van der Waals surface area contributed by atoms with Gasteiger partial charge in [0.05, 0.1) is 20.3 Å². The third kappa shape index (κ3) is 6.43. The average Bonchev–Trinajstić information content (AvgIpc) is 3.23. The fraction of sp³-hybridized carbons (Fsp3) is 0.375. The number of H-pyrrole nitrogens is 1. The van der Waals surface area contributed by atoms with Crippen molar-refractivity contribution >= 4 is 18.1 Å². The summed E-state index contributed by atoms with van der Waals surface area (Å²) in [5.74, 6) is 1.97. The molecule has 0 unspecified atom stereocenters. The molecule has 1 saturated heterocycles. The number of nitrogens with one attached hydrogen (secondary N) is 2. The van der Waals surface area contributed by atoms with Gasteiger partial charge in [0.1, 0.15) is 24.7 Å². The Labute approximate surface area is 203 Å². The number of benzene rings is 2. The van der Waals surface area contributed by atoms with Crippen molar-refractivity contribution < 1.29 is 19.0 Å². The Bertz CT molecular complexity index is 1140. The SMILES string of the molecule is COc1ccc(-c2n[nH]c(=S)n2CC(=O)NCc2cccc(OCCN3CCOCC3)c2)cc1. The normalized spacial score (nSPS) is 14.0. The zero-order chi connectivity index (χ0) is 23.8. The van der Waals surface area contributed by atoms with Crippen molar-refractivity contribution in [3.63, 3.8) is 0 Å². The van der Waals surface area contributed by atoms with Gasteiger partial charge in [0.25, 0.3) is 0 Å². The molecule has 9 nitrogen and oxygen atoms in total. The molecule has 4 rings (SSSR count). The van der Waals surface area contributed by atoms with Crippen LogP contribution in [0.5, 0.6) is 11.5 Å². The Morgan fingerprint density at radius 2 is 1.97 bits per heavy atom. The Balaban J connectivity index is 1.30. The summed E-state index contributed by atoms with van der Waals surface area (Å²) in [5, 5.41) is 10.0. The van der Waals surface area contributed by atoms with Gasteiger partial charge in [-0.05, 0) is 54.2 Å². The molecule has 1 fully saturated rings. The lowest BCUT2D eigenvalue weighted by molar-refractivity contribution is -0.121. The van der Waals surface area contributed by atoms with Crippen LogP contribution in [0.2, 0.25) is 0 Å². The van der Waals surface area contributed by atoms with E-state index in [0.29, 0.717) is 23.7 Å². The van der Waals surface area contributed by atoms with Crippen LogP contribution in [-0.4, -0.2) is 72.1 Å². The van der Waals surface area contributed by atoms with Crippen molar-refractivity contribution in [2.24, 2.45) is 0 Å². The van der Waals surface area contributed by atoms with E-state index in [1.807, 2.05) is 48.5 Å². The van der Waals surface area contributed by atoms with Gasteiger partial charge in [-0.3, -0.25) is 19.4 Å². The van der Waals surface area contributed by atoms with Crippen LogP contribution in [0.25, 0.3) is 11.4 Å². The van der Waals surface area contributed by atoms with E-state index in [1.54, 1.807) is 11.7 Å². The molecule has 2 N–H and O–H groups in total. The molecule has 0 atom stereocenters. The number of ether oxygens (including phenoxy) is 3. The molecule has 180 valence electrons. The smallest absolute Gasteiger partial charge is 0.240 e. The first-order chi connectivity index (χ1) is 16.6. The number of aromatic amines is 1. The van der Waals surface area contributed by atoms with Crippen molar-refractivity contribution in [3.05, 3.63) is 58.9 Å². The summed E-state index contributed by atoms with van der Waals surface area (Å²) in [6, 6.07) is 15.2. The summed E-state index contributed by atoms with van der Waals surface area (Å²) in [7, 11) is 1.61. The first-order valence-electron chi connectivity index (χ1n) is 11.2. The molecule has 0 saturated carbocycles. The topological polar surface area (TPSA) is 93.6 Å². The number of carbonyl (C=O) groups is 1. The molecular formula is C24H29N5O4S. The van der Waals surface area contributed by atoms with E-state index in [9.17, 15) is 4.79 Å². The number of morpholine rings is 1. The minimum Gasteiger partial charge on any atom is -0.497 e. The van der Waals surface area contributed by atoms with Gasteiger partial charge in [-0.25, -0.2) is 0 Å². The van der Waals surface area contributed by atoms with Crippen molar-refractivity contribution in [1.29, 1.82) is 0 Å². The number of methoxy groups -OCH3 is 1. The zero-order valence-corrected chi connectivity index (χ0v) is 20.0. The number of rotatable bonds is 10. The zero-order valence-electron chi connectivity index (χ0n) is 19.2. The standard InChI is InChI=1S/C24H29N5O4S/c1-31-20-7-5-19(6-8-20)23-26-27-24(34)29(23)17-22(30)25-16-18-3-2-4-21(15-18)33-14-11-28-9-12-32-13-10-28/h2-8,15H,9-14,16-17H2,1H3,(H,25,30)(H,27,34). The Morgan fingerprint density at radius 1 is 1.18 bits per heavy atom. The first kappa shape index (κ1) is 23.9. The van der Waals surface area contributed by atoms with Crippen LogP contribution < -0.4 is 14.8 Å². The molecule has 0 spiro atoms. The van der Waals surface area contributed by atoms with Crippen molar-refractivity contribution in [2.75, 3.05) is 46.6 Å². The number of aromatic nitrogens is 3. The third-order valence-corrected chi connectivity index (χ3v) is 5.89. The summed E-state index contributed by atoms with van der Waals surface area (Å²) >= 11 is 5.34. The number of carbonyl (C=O) groups excluding carboxylic acids is 1. The molecule has 0 bridgehead atoms. The number of hydrogen-bond donors (Lipinski definition) is 2. The molecule has 0 radical (unpaired) electrons. The van der Waals surface area contributed by atoms with Gasteiger partial charge in [-0.2, -0.15) is 5.10 Å². The van der Waals surface area contributed by atoms with Crippen LogP contribution in [-0.2, 0) is 22.6 Å². The molecule has 2 heterocycles. The second-order valence-electron chi connectivity index (χ2n) is 7.89. The van der Waals surface area contributed by atoms with E-state index in [4.69, 9.17) is 26.4 Å². The van der Waals surface area contributed by atoms with E-state index in [-0.39, 0.29) is 12.5 Å². The van der Waals surface area contributed by atoms with Gasteiger partial charge in [-0.1, -0.05) is 12.1 Å². The summed E-state index contributed by atoms with van der Waals surface area (Å²) in [4.78, 5) is 15.0. The molecule has 2 aromatic carbocycles. The van der Waals surface area contributed by atoms with Crippen LogP contribution in [0.3, 0.4) is 0 Å². The van der Waals surface area contributed by atoms with E-state index < -0.39 is 0 Å². The van der Waals surface area contributed by atoms with E-state index in [2.05, 4.69) is 20.4 Å². The van der Waals surface area contributed by atoms with Crippen LogP contribution in [0.15, 0.2) is 48.5 Å². The lowest BCUT2D eigenvalue weighted by Crippen LogP contribution is -2.38. The quantitative estimate of drug-likeness (QED) is 0.428. The van der Waals surface area contributed by atoms with Gasteiger partial charge in [-0.15, -0.1) is 0 Å². The highest BCUT2D eigenvalue weighted by Crippen LogP contribution is 2.21. The number of nitrogens with zero attached hydrogens (tertiary/aromatic N) is 3. The van der Waals surface area contributed by atoms with Gasteiger partial charge in [0.2, 0.25) is 5.91 Å². The van der Waals surface area contributed by atoms with Crippen LogP contribution >= 0.6 is 12.2 Å². The first-order valence-corrected chi connectivity index (χ1v) is 11.6. The fourth-order valence-electron chi connectivity index (χ4n) is 3.69. The highest BCUT2D eigenvalue weighted by atomic mass is 32.1. The Hall–Kier alpha value is -3.21. The van der Waals surface area contributed by atoms with Crippen molar-refractivity contribution in [3.8, 4) is 22.9 Å². The predicted octanol–water partition coefficient (Wildman–Crippen LogP) is 2.64. The van der Waals surface area contributed by atoms with Crippen LogP contribution in [0.1, 0.15) is 5.56 Å². The molecule has 10 heteroatoms. The van der Waals surface area contributed by atoms with Crippen LogP contribution in [0.4, 0.5) is 0 Å². The van der Waals surface area contributed by atoms with E-state index in [0.717, 1.165) is 55.5 Å². The molecule has 34 heavy (non-hydrogen) atoms. The highest BCUT2D eigenvalue weighted by Gasteiger charge is 2.13. The maximum Gasteiger partial charge on any atom is 0.240 e. The highest BCUT2D eigenvalue weighted by molar-refractivity contribution is 7.71. The summed E-state index contributed by atoms with van der Waals surface area (Å²) in [6.45, 7) is 5.37. The monoisotopic (exact) mass is 483 g/mol. The van der Waals surface area contributed by atoms with Crippen LogP contribution in [0, 0.1) is 4.77 Å². The molecule has 0 aliphatic carbocycles. The summed E-state index contributed by atoms with van der Waals surface area (Å²) in [6.07, 6.45) is 0. The molecule has 1 amide bonds. The minimum atomic E-state index is -0.161. The maximum atomic E-state index is 12.7. The van der Waals surface area contributed by atoms with Gasteiger partial charge in [0, 0.05) is 31.7 Å². The van der Waals surface area contributed by atoms with E-state index in [1.165, 1.54) is 0 Å². The van der Waals surface area contributed by atoms with E-state index >= 15 is 0 Å². The van der Waals surface area contributed by atoms with Crippen molar-refractivity contribution in [2.45, 2.75) is 13.1 Å². The molecule has 3 aromatic rings. The minimum absolute atomic E-state index is 0.0619. The summed E-state index contributed by atoms with van der Waals surface area (Å²) < 4.78 is 18.5. The summed E-state index contributed by atoms with van der Waals surface area (Å²) in [5.41, 5.74) is 1.80. The Morgan fingerprint density at radius 3 is 2.74 bits per heavy atom. The second kappa shape index (κ2) is 11.8. The number of amides is 1. The lowest BCUT2D eigenvalue weighted by Gasteiger charge is -2.26. The second-order valence-corrected chi connectivity index (χ2v) is 8.28. The third-order valence-electron chi connectivity index (χ3n) is 5.58. The maximum absolute atomic E-state index is 12.7. The van der Waals surface area contributed by atoms with Gasteiger partial charge in [0.15, 0.2) is 10.6 Å². The average molecular weight is 484 g/mol. The van der Waals surface area contributed by atoms with Crippen molar-refractivity contribution in [1.82, 2.24) is 25.0 Å². The molecular weight excluding hydrogens is 454 g/mol. The Kier molecular flexibility index (Phi) is 8.29. The fourth-order valence-corrected chi connectivity index (χ4v) is 3.88. The van der Waals surface area contributed by atoms with Gasteiger partial charge >= 0.3 is 0 Å². The number of hydrogen-bond acceptors (Lipinski definition) is 7. The largest absolute Gasteiger partial charge is 0.497 e. The molecule has 1 aliphatic rings.